The third-order valence-electron chi connectivity index (χ3n) is 8.69. The minimum absolute atomic E-state index is 0.0722. The minimum atomic E-state index is -0.779. The van der Waals surface area contributed by atoms with Crippen molar-refractivity contribution < 1.29 is 24.2 Å². The topological polar surface area (TPSA) is 72.8 Å². The number of aliphatic hydroxyl groups excluding tert-OH is 1. The Labute approximate surface area is 291 Å². The number of unbranched alkanes of at least 4 members (excludes halogenated alkanes) is 22. The van der Waals surface area contributed by atoms with Crippen LogP contribution in [0.4, 0.5) is 0 Å². The van der Waals surface area contributed by atoms with Crippen molar-refractivity contribution in [3.8, 4) is 0 Å². The molecule has 0 rings (SSSR count). The zero-order chi connectivity index (χ0) is 34.3. The number of carbonyl (C=O) groups is 2. The molecule has 0 bridgehead atoms. The number of carbonyl (C=O) groups excluding carboxylic acids is 2. The zero-order valence-corrected chi connectivity index (χ0v) is 31.0. The molecule has 5 nitrogen and oxygen atoms in total. The van der Waals surface area contributed by atoms with Gasteiger partial charge >= 0.3 is 11.9 Å². The van der Waals surface area contributed by atoms with Crippen LogP contribution in [-0.4, -0.2) is 36.4 Å². The first kappa shape index (κ1) is 45.1. The molecule has 0 aromatic carbocycles. The van der Waals surface area contributed by atoms with E-state index in [1.807, 2.05) is 0 Å². The second-order valence-electron chi connectivity index (χ2n) is 13.4. The molecule has 0 fully saturated rings. The van der Waals surface area contributed by atoms with Gasteiger partial charge in [-0.15, -0.1) is 0 Å². The normalized spacial score (nSPS) is 12.5. The van der Waals surface area contributed by atoms with Crippen LogP contribution in [0, 0.1) is 0 Å². The first-order valence-corrected chi connectivity index (χ1v) is 20.0. The van der Waals surface area contributed by atoms with Crippen LogP contribution in [0.15, 0.2) is 36.5 Å². The third kappa shape index (κ3) is 36.8. The molecule has 0 amide bonds. The molecular formula is C42H76O5. The van der Waals surface area contributed by atoms with Crippen LogP contribution in [0.2, 0.25) is 0 Å². The highest BCUT2D eigenvalue weighted by Crippen LogP contribution is 2.14. The molecule has 0 heterocycles. The molecule has 1 atom stereocenters. The largest absolute Gasteiger partial charge is 0.462 e. The summed E-state index contributed by atoms with van der Waals surface area (Å²) in [6.45, 7) is 4.10. The summed E-state index contributed by atoms with van der Waals surface area (Å²) >= 11 is 0. The quantitative estimate of drug-likeness (QED) is 0.0411. The molecule has 47 heavy (non-hydrogen) atoms. The van der Waals surface area contributed by atoms with Crippen molar-refractivity contribution in [1.29, 1.82) is 0 Å². The molecule has 0 saturated carbocycles. The molecule has 0 aliphatic carbocycles. The van der Waals surface area contributed by atoms with Crippen molar-refractivity contribution in [2.75, 3.05) is 13.2 Å². The smallest absolute Gasteiger partial charge is 0.306 e. The SMILES string of the molecule is CCCCC/C=C/C/C=C/C/C=C/CCCCCCC(=O)O[C@@H](CO)COC(=O)CCCCCCCCCCCCCCCCCC. The maximum atomic E-state index is 12.2. The third-order valence-corrected chi connectivity index (χ3v) is 8.69. The summed E-state index contributed by atoms with van der Waals surface area (Å²) in [4.78, 5) is 24.2. The summed E-state index contributed by atoms with van der Waals surface area (Å²) in [5.74, 6) is -0.611. The summed E-state index contributed by atoms with van der Waals surface area (Å²) in [5.41, 5.74) is 0. The Kier molecular flexibility index (Phi) is 37.0. The highest BCUT2D eigenvalue weighted by molar-refractivity contribution is 5.70. The van der Waals surface area contributed by atoms with Gasteiger partial charge in [0, 0.05) is 12.8 Å². The summed E-state index contributed by atoms with van der Waals surface area (Å²) in [5, 5.41) is 9.55. The van der Waals surface area contributed by atoms with E-state index in [0.29, 0.717) is 12.8 Å². The molecule has 0 aromatic rings. The average Bonchev–Trinajstić information content (AvgIpc) is 3.07. The van der Waals surface area contributed by atoms with Gasteiger partial charge in [0.1, 0.15) is 6.61 Å². The lowest BCUT2D eigenvalue weighted by Gasteiger charge is -2.15. The summed E-state index contributed by atoms with van der Waals surface area (Å²) in [6, 6.07) is 0. The van der Waals surface area contributed by atoms with Gasteiger partial charge in [0.25, 0.3) is 0 Å². The first-order chi connectivity index (χ1) is 23.1. The molecular weight excluding hydrogens is 584 g/mol. The van der Waals surface area contributed by atoms with Crippen LogP contribution < -0.4 is 0 Å². The van der Waals surface area contributed by atoms with E-state index in [1.54, 1.807) is 0 Å². The van der Waals surface area contributed by atoms with Gasteiger partial charge in [0.05, 0.1) is 6.61 Å². The van der Waals surface area contributed by atoms with Crippen LogP contribution >= 0.6 is 0 Å². The van der Waals surface area contributed by atoms with Gasteiger partial charge in [0.15, 0.2) is 6.10 Å². The van der Waals surface area contributed by atoms with Crippen LogP contribution in [0.3, 0.4) is 0 Å². The fourth-order valence-corrected chi connectivity index (χ4v) is 5.62. The first-order valence-electron chi connectivity index (χ1n) is 20.0. The second kappa shape index (κ2) is 38.6. The number of hydrogen-bond acceptors (Lipinski definition) is 5. The monoisotopic (exact) mass is 661 g/mol. The number of esters is 2. The van der Waals surface area contributed by atoms with Crippen molar-refractivity contribution in [3.63, 3.8) is 0 Å². The fraction of sp³-hybridized carbons (Fsp3) is 0.810. The lowest BCUT2D eigenvalue weighted by molar-refractivity contribution is -0.161. The molecule has 0 aliphatic rings. The van der Waals surface area contributed by atoms with Crippen LogP contribution in [-0.2, 0) is 19.1 Å². The molecule has 274 valence electrons. The molecule has 0 aromatic heterocycles. The van der Waals surface area contributed by atoms with Gasteiger partial charge < -0.3 is 14.6 Å². The van der Waals surface area contributed by atoms with Crippen molar-refractivity contribution in [1.82, 2.24) is 0 Å². The predicted octanol–water partition coefficient (Wildman–Crippen LogP) is 12.5. The highest BCUT2D eigenvalue weighted by Gasteiger charge is 2.16. The van der Waals surface area contributed by atoms with E-state index in [4.69, 9.17) is 9.47 Å². The van der Waals surface area contributed by atoms with Crippen LogP contribution in [0.1, 0.15) is 200 Å². The van der Waals surface area contributed by atoms with Crippen molar-refractivity contribution >= 4 is 11.9 Å². The number of allylic oxidation sites excluding steroid dienone is 6. The molecule has 0 unspecified atom stereocenters. The van der Waals surface area contributed by atoms with Crippen molar-refractivity contribution in [2.45, 2.75) is 206 Å². The fourth-order valence-electron chi connectivity index (χ4n) is 5.62. The van der Waals surface area contributed by atoms with Gasteiger partial charge in [-0.1, -0.05) is 172 Å². The molecule has 1 N–H and O–H groups in total. The highest BCUT2D eigenvalue weighted by atomic mass is 16.6. The van der Waals surface area contributed by atoms with Gasteiger partial charge in [-0.25, -0.2) is 0 Å². The minimum Gasteiger partial charge on any atom is -0.462 e. The standard InChI is InChI=1S/C42H76O5/c1-3-5-7-9-11-13-15-17-19-21-23-25-27-29-31-33-35-37-42(45)47-40(38-43)39-46-41(44)36-34-32-30-28-26-24-22-20-18-16-14-12-10-8-6-4-2/h11,13,17,19,23,25,40,43H,3-10,12,14-16,18,20-22,24,26-39H2,1-2H3/b13-11+,19-17+,25-23+/t40-/m0/s1. The maximum Gasteiger partial charge on any atom is 0.306 e. The lowest BCUT2D eigenvalue weighted by atomic mass is 10.0. The molecule has 0 spiro atoms. The zero-order valence-electron chi connectivity index (χ0n) is 31.0. The number of rotatable bonds is 36. The van der Waals surface area contributed by atoms with Crippen molar-refractivity contribution in [3.05, 3.63) is 36.5 Å². The van der Waals surface area contributed by atoms with E-state index < -0.39 is 6.10 Å². The van der Waals surface area contributed by atoms with Gasteiger partial charge in [-0.05, 0) is 51.4 Å². The van der Waals surface area contributed by atoms with E-state index in [0.717, 1.165) is 64.2 Å². The number of hydrogen-bond donors (Lipinski definition) is 1. The Morgan fingerprint density at radius 3 is 1.32 bits per heavy atom. The van der Waals surface area contributed by atoms with Gasteiger partial charge in [0.2, 0.25) is 0 Å². The summed E-state index contributed by atoms with van der Waals surface area (Å²) in [7, 11) is 0. The second-order valence-corrected chi connectivity index (χ2v) is 13.4. The molecule has 0 radical (unpaired) electrons. The number of aliphatic hydroxyl groups is 1. The Morgan fingerprint density at radius 1 is 0.489 bits per heavy atom. The molecule has 0 saturated heterocycles. The Balaban J connectivity index is 3.58. The Morgan fingerprint density at radius 2 is 0.851 bits per heavy atom. The maximum absolute atomic E-state index is 12.2. The lowest BCUT2D eigenvalue weighted by Crippen LogP contribution is -2.28. The molecule has 5 heteroatoms. The Bertz CT molecular complexity index is 756. The molecule has 0 aliphatic heterocycles. The van der Waals surface area contributed by atoms with Gasteiger partial charge in [-0.3, -0.25) is 9.59 Å². The number of ether oxygens (including phenoxy) is 2. The van der Waals surface area contributed by atoms with E-state index in [1.165, 1.54) is 109 Å². The van der Waals surface area contributed by atoms with E-state index in [9.17, 15) is 14.7 Å². The van der Waals surface area contributed by atoms with E-state index >= 15 is 0 Å². The van der Waals surface area contributed by atoms with Crippen LogP contribution in [0.5, 0.6) is 0 Å². The summed E-state index contributed by atoms with van der Waals surface area (Å²) in [6.07, 6.45) is 46.3. The predicted molar refractivity (Wildman–Crippen MR) is 201 cm³/mol. The summed E-state index contributed by atoms with van der Waals surface area (Å²) < 4.78 is 10.6. The van der Waals surface area contributed by atoms with Gasteiger partial charge in [-0.2, -0.15) is 0 Å². The van der Waals surface area contributed by atoms with Crippen LogP contribution in [0.25, 0.3) is 0 Å². The Hall–Kier alpha value is -1.88. The van der Waals surface area contributed by atoms with E-state index in [2.05, 4.69) is 50.3 Å². The average molecular weight is 661 g/mol. The van der Waals surface area contributed by atoms with E-state index in [-0.39, 0.29) is 25.2 Å². The van der Waals surface area contributed by atoms with Crippen molar-refractivity contribution in [2.24, 2.45) is 0 Å².